The predicted octanol–water partition coefficient (Wildman–Crippen LogP) is 0.377. The van der Waals surface area contributed by atoms with Gasteiger partial charge in [-0.05, 0) is 25.7 Å². The molecule has 0 bridgehead atoms. The lowest BCUT2D eigenvalue weighted by atomic mass is 9.63. The molecule has 2 saturated heterocycles. The number of carbonyl (C=O) groups excluding carboxylic acids is 1. The summed E-state index contributed by atoms with van der Waals surface area (Å²) in [6.45, 7) is 4.45. The van der Waals surface area contributed by atoms with Crippen LogP contribution < -0.4 is 5.32 Å². The summed E-state index contributed by atoms with van der Waals surface area (Å²) in [5, 5.41) is 3.30. The van der Waals surface area contributed by atoms with Gasteiger partial charge in [0.2, 0.25) is 5.91 Å². The van der Waals surface area contributed by atoms with E-state index in [4.69, 9.17) is 4.74 Å². The molecule has 0 atom stereocenters. The van der Waals surface area contributed by atoms with E-state index in [1.54, 1.807) is 0 Å². The number of carbonyl (C=O) groups is 1. The van der Waals surface area contributed by atoms with E-state index in [1.807, 2.05) is 4.90 Å². The largest absolute Gasteiger partial charge is 0.368 e. The van der Waals surface area contributed by atoms with Gasteiger partial charge in [-0.25, -0.2) is 0 Å². The van der Waals surface area contributed by atoms with Crippen LogP contribution in [0.4, 0.5) is 0 Å². The van der Waals surface area contributed by atoms with E-state index in [9.17, 15) is 4.79 Å². The highest BCUT2D eigenvalue weighted by Gasteiger charge is 2.49. The Kier molecular flexibility index (Phi) is 2.64. The second-order valence-electron chi connectivity index (χ2n) is 5.53. The van der Waals surface area contributed by atoms with Crippen LogP contribution in [0.1, 0.15) is 25.7 Å². The lowest BCUT2D eigenvalue weighted by molar-refractivity contribution is -0.147. The summed E-state index contributed by atoms with van der Waals surface area (Å²) < 4.78 is 5.66. The van der Waals surface area contributed by atoms with Crippen molar-refractivity contribution >= 4 is 5.91 Å². The molecular formula is C12H20N2O2. The molecular weight excluding hydrogens is 204 g/mol. The molecule has 0 aromatic heterocycles. The molecule has 2 aliphatic heterocycles. The minimum absolute atomic E-state index is 0.185. The molecule has 1 saturated carbocycles. The highest BCUT2D eigenvalue weighted by molar-refractivity contribution is 5.77. The summed E-state index contributed by atoms with van der Waals surface area (Å²) in [6, 6.07) is 0. The van der Waals surface area contributed by atoms with Crippen LogP contribution in [0.15, 0.2) is 0 Å². The quantitative estimate of drug-likeness (QED) is 0.753. The second kappa shape index (κ2) is 4.00. The molecule has 2 heterocycles. The lowest BCUT2D eigenvalue weighted by Crippen LogP contribution is -2.62. The number of hydrogen-bond donors (Lipinski definition) is 1. The standard InChI is InChI=1S/C12H20N2O2/c15-11(14-3-1-2-4-14)7-16-10-5-12(6-10)8-13-9-12/h10,13H,1-9H2. The van der Waals surface area contributed by atoms with Crippen LogP contribution in [0, 0.1) is 5.41 Å². The lowest BCUT2D eigenvalue weighted by Gasteiger charge is -2.53. The molecule has 0 unspecified atom stereocenters. The SMILES string of the molecule is O=C(COC1CC2(CNC2)C1)N1CCCC1. The van der Waals surface area contributed by atoms with Gasteiger partial charge in [-0.1, -0.05) is 0 Å². The van der Waals surface area contributed by atoms with Crippen LogP contribution in [0.3, 0.4) is 0 Å². The van der Waals surface area contributed by atoms with Crippen molar-refractivity contribution in [3.05, 3.63) is 0 Å². The summed E-state index contributed by atoms with van der Waals surface area (Å²) >= 11 is 0. The van der Waals surface area contributed by atoms with Crippen molar-refractivity contribution in [1.29, 1.82) is 0 Å². The molecule has 4 heteroatoms. The number of nitrogens with zero attached hydrogens (tertiary/aromatic N) is 1. The minimum atomic E-state index is 0.185. The van der Waals surface area contributed by atoms with E-state index in [0.29, 0.717) is 18.1 Å². The van der Waals surface area contributed by atoms with Gasteiger partial charge in [-0.2, -0.15) is 0 Å². The van der Waals surface area contributed by atoms with Crippen molar-refractivity contribution in [1.82, 2.24) is 10.2 Å². The normalized spacial score (nSPS) is 27.9. The Morgan fingerprint density at radius 1 is 1.31 bits per heavy atom. The maximum absolute atomic E-state index is 11.7. The molecule has 0 aromatic carbocycles. The minimum Gasteiger partial charge on any atom is -0.368 e. The molecule has 4 nitrogen and oxygen atoms in total. The molecule has 0 aromatic rings. The Morgan fingerprint density at radius 3 is 2.56 bits per heavy atom. The van der Waals surface area contributed by atoms with Crippen molar-refractivity contribution in [3.8, 4) is 0 Å². The first kappa shape index (κ1) is 10.5. The number of nitrogens with one attached hydrogen (secondary N) is 1. The van der Waals surface area contributed by atoms with Crippen LogP contribution in [0.25, 0.3) is 0 Å². The Balaban J connectivity index is 1.36. The third kappa shape index (κ3) is 1.84. The van der Waals surface area contributed by atoms with Crippen LogP contribution in [-0.4, -0.2) is 49.7 Å². The molecule has 0 radical (unpaired) electrons. The zero-order chi connectivity index (χ0) is 11.0. The Bertz CT molecular complexity index is 275. The fourth-order valence-corrected chi connectivity index (χ4v) is 3.04. The third-order valence-electron chi connectivity index (χ3n) is 4.22. The maximum Gasteiger partial charge on any atom is 0.248 e. The number of hydrogen-bond acceptors (Lipinski definition) is 3. The topological polar surface area (TPSA) is 41.6 Å². The number of amides is 1. The summed E-state index contributed by atoms with van der Waals surface area (Å²) in [4.78, 5) is 13.7. The molecule has 16 heavy (non-hydrogen) atoms. The first-order valence-corrected chi connectivity index (χ1v) is 6.38. The Hall–Kier alpha value is -0.610. The van der Waals surface area contributed by atoms with E-state index in [-0.39, 0.29) is 5.91 Å². The van der Waals surface area contributed by atoms with Gasteiger partial charge in [-0.15, -0.1) is 0 Å². The van der Waals surface area contributed by atoms with Crippen LogP contribution in [-0.2, 0) is 9.53 Å². The number of rotatable bonds is 3. The number of likely N-dealkylation sites (tertiary alicyclic amines) is 1. The Morgan fingerprint density at radius 2 is 2.00 bits per heavy atom. The van der Waals surface area contributed by atoms with Crippen molar-refractivity contribution in [2.75, 3.05) is 32.8 Å². The smallest absolute Gasteiger partial charge is 0.248 e. The molecule has 3 rings (SSSR count). The molecule has 1 spiro atoms. The van der Waals surface area contributed by atoms with E-state index in [1.165, 1.54) is 0 Å². The van der Waals surface area contributed by atoms with E-state index >= 15 is 0 Å². The highest BCUT2D eigenvalue weighted by Crippen LogP contribution is 2.45. The molecule has 3 aliphatic rings. The summed E-state index contributed by atoms with van der Waals surface area (Å²) in [6.07, 6.45) is 4.95. The van der Waals surface area contributed by atoms with Gasteiger partial charge in [0.15, 0.2) is 0 Å². The monoisotopic (exact) mass is 224 g/mol. The van der Waals surface area contributed by atoms with Crippen LogP contribution in [0.2, 0.25) is 0 Å². The summed E-state index contributed by atoms with van der Waals surface area (Å²) in [7, 11) is 0. The first-order valence-electron chi connectivity index (χ1n) is 6.38. The molecule has 1 aliphatic carbocycles. The zero-order valence-corrected chi connectivity index (χ0v) is 9.71. The van der Waals surface area contributed by atoms with E-state index < -0.39 is 0 Å². The predicted molar refractivity (Wildman–Crippen MR) is 60.1 cm³/mol. The van der Waals surface area contributed by atoms with Gasteiger partial charge in [-0.3, -0.25) is 4.79 Å². The molecule has 1 amide bonds. The summed E-state index contributed by atoms with van der Waals surface area (Å²) in [5.74, 6) is 0.185. The van der Waals surface area contributed by atoms with Gasteiger partial charge in [0.25, 0.3) is 0 Å². The van der Waals surface area contributed by atoms with Crippen molar-refractivity contribution in [3.63, 3.8) is 0 Å². The van der Waals surface area contributed by atoms with E-state index in [2.05, 4.69) is 5.32 Å². The Labute approximate surface area is 96.3 Å². The van der Waals surface area contributed by atoms with Gasteiger partial charge >= 0.3 is 0 Å². The van der Waals surface area contributed by atoms with Gasteiger partial charge in [0.1, 0.15) is 6.61 Å². The third-order valence-corrected chi connectivity index (χ3v) is 4.22. The fourth-order valence-electron chi connectivity index (χ4n) is 3.04. The highest BCUT2D eigenvalue weighted by atomic mass is 16.5. The van der Waals surface area contributed by atoms with Gasteiger partial charge in [0, 0.05) is 31.6 Å². The van der Waals surface area contributed by atoms with Crippen molar-refractivity contribution < 1.29 is 9.53 Å². The fraction of sp³-hybridized carbons (Fsp3) is 0.917. The average molecular weight is 224 g/mol. The second-order valence-corrected chi connectivity index (χ2v) is 5.53. The number of ether oxygens (including phenoxy) is 1. The zero-order valence-electron chi connectivity index (χ0n) is 9.71. The average Bonchev–Trinajstić information content (AvgIpc) is 2.65. The van der Waals surface area contributed by atoms with Crippen LogP contribution >= 0.6 is 0 Å². The molecule has 3 fully saturated rings. The van der Waals surface area contributed by atoms with Crippen LogP contribution in [0.5, 0.6) is 0 Å². The first-order chi connectivity index (χ1) is 7.77. The van der Waals surface area contributed by atoms with Gasteiger partial charge < -0.3 is 15.0 Å². The summed E-state index contributed by atoms with van der Waals surface area (Å²) in [5.41, 5.74) is 0.543. The van der Waals surface area contributed by atoms with Gasteiger partial charge in [0.05, 0.1) is 6.10 Å². The molecule has 1 N–H and O–H groups in total. The van der Waals surface area contributed by atoms with E-state index in [0.717, 1.165) is 51.9 Å². The molecule has 90 valence electrons. The van der Waals surface area contributed by atoms with Crippen molar-refractivity contribution in [2.45, 2.75) is 31.8 Å². The van der Waals surface area contributed by atoms with Crippen molar-refractivity contribution in [2.24, 2.45) is 5.41 Å². The maximum atomic E-state index is 11.7.